The molecular weight excluding hydrogens is 264 g/mol. The van der Waals surface area contributed by atoms with Gasteiger partial charge in [-0.2, -0.15) is 0 Å². The molecule has 1 saturated carbocycles. The highest BCUT2D eigenvalue weighted by atomic mass is 16.2. The van der Waals surface area contributed by atoms with Crippen molar-refractivity contribution in [3.63, 3.8) is 0 Å². The normalized spacial score (nSPS) is 16.8. The van der Waals surface area contributed by atoms with Gasteiger partial charge in [-0.05, 0) is 52.5 Å². The van der Waals surface area contributed by atoms with E-state index in [1.54, 1.807) is 6.07 Å². The van der Waals surface area contributed by atoms with Gasteiger partial charge >= 0.3 is 0 Å². The molecular formula is C16H26N4O. The molecule has 3 N–H and O–H groups in total. The fraction of sp³-hybridized carbons (Fsp3) is 0.562. The minimum atomic E-state index is -0.0244. The van der Waals surface area contributed by atoms with Gasteiger partial charge in [0.15, 0.2) is 0 Å². The highest BCUT2D eigenvalue weighted by Crippen LogP contribution is 2.36. The topological polar surface area (TPSA) is 61.6 Å². The average Bonchev–Trinajstić information content (AvgIpc) is 2.36. The van der Waals surface area contributed by atoms with Gasteiger partial charge in [-0.1, -0.05) is 12.1 Å². The van der Waals surface area contributed by atoms with Gasteiger partial charge in [0.05, 0.1) is 17.9 Å². The van der Waals surface area contributed by atoms with Crippen LogP contribution in [0.15, 0.2) is 24.3 Å². The number of hydrogen-bond acceptors (Lipinski definition) is 4. The van der Waals surface area contributed by atoms with E-state index >= 15 is 0 Å². The van der Waals surface area contributed by atoms with Crippen molar-refractivity contribution in [1.82, 2.24) is 9.80 Å². The van der Waals surface area contributed by atoms with Crippen LogP contribution in [0.25, 0.3) is 0 Å². The molecule has 1 aromatic rings. The van der Waals surface area contributed by atoms with Gasteiger partial charge in [-0.25, -0.2) is 0 Å². The Morgan fingerprint density at radius 3 is 2.48 bits per heavy atom. The summed E-state index contributed by atoms with van der Waals surface area (Å²) >= 11 is 0. The van der Waals surface area contributed by atoms with Crippen LogP contribution in [0.2, 0.25) is 0 Å². The fourth-order valence-electron chi connectivity index (χ4n) is 2.94. The van der Waals surface area contributed by atoms with Crippen molar-refractivity contribution in [2.24, 2.45) is 0 Å². The van der Waals surface area contributed by atoms with Crippen molar-refractivity contribution in [3.05, 3.63) is 24.3 Å². The van der Waals surface area contributed by atoms with Crippen molar-refractivity contribution in [2.75, 3.05) is 45.3 Å². The summed E-state index contributed by atoms with van der Waals surface area (Å²) in [6.45, 7) is 1.29. The van der Waals surface area contributed by atoms with Gasteiger partial charge < -0.3 is 16.0 Å². The summed E-state index contributed by atoms with van der Waals surface area (Å²) in [7, 11) is 6.24. The number of likely N-dealkylation sites (N-methyl/N-ethyl adjacent to an activating group) is 2. The lowest BCUT2D eigenvalue weighted by Gasteiger charge is -2.49. The van der Waals surface area contributed by atoms with E-state index < -0.39 is 0 Å². The van der Waals surface area contributed by atoms with Gasteiger partial charge in [0.2, 0.25) is 5.91 Å². The molecule has 0 bridgehead atoms. The first-order chi connectivity index (χ1) is 9.93. The second kappa shape index (κ2) is 6.45. The number of nitrogens with zero attached hydrogens (tertiary/aromatic N) is 2. The lowest BCUT2D eigenvalue weighted by Crippen LogP contribution is -2.57. The van der Waals surface area contributed by atoms with Crippen LogP contribution in [0, 0.1) is 0 Å². The van der Waals surface area contributed by atoms with Gasteiger partial charge in [0, 0.05) is 12.1 Å². The number of amides is 1. The van der Waals surface area contributed by atoms with Crippen molar-refractivity contribution in [3.8, 4) is 0 Å². The van der Waals surface area contributed by atoms with Crippen molar-refractivity contribution < 1.29 is 4.79 Å². The molecule has 1 amide bonds. The van der Waals surface area contributed by atoms with Gasteiger partial charge in [0.25, 0.3) is 0 Å². The van der Waals surface area contributed by atoms with Crippen LogP contribution >= 0.6 is 0 Å². The van der Waals surface area contributed by atoms with Crippen LogP contribution in [0.3, 0.4) is 0 Å². The highest BCUT2D eigenvalue weighted by Gasteiger charge is 2.39. The SMILES string of the molecule is CN(CC(=O)Nc1ccccc1N)CC1(N(C)C)CCC1. The predicted octanol–water partition coefficient (Wildman–Crippen LogP) is 1.62. The molecule has 0 aliphatic heterocycles. The predicted molar refractivity (Wildman–Crippen MR) is 87.3 cm³/mol. The van der Waals surface area contributed by atoms with Crippen LogP contribution in [-0.2, 0) is 4.79 Å². The second-order valence-corrected chi connectivity index (χ2v) is 6.28. The van der Waals surface area contributed by atoms with Gasteiger partial charge in [0.1, 0.15) is 0 Å². The molecule has 0 aromatic heterocycles. The number of benzene rings is 1. The Kier molecular flexibility index (Phi) is 4.85. The number of anilines is 2. The summed E-state index contributed by atoms with van der Waals surface area (Å²) in [4.78, 5) is 16.5. The first kappa shape index (κ1) is 15.8. The third-order valence-electron chi connectivity index (χ3n) is 4.45. The molecule has 0 unspecified atom stereocenters. The monoisotopic (exact) mass is 290 g/mol. The number of carbonyl (C=O) groups excluding carboxylic acids is 1. The molecule has 116 valence electrons. The Balaban J connectivity index is 1.86. The first-order valence-corrected chi connectivity index (χ1v) is 7.43. The summed E-state index contributed by atoms with van der Waals surface area (Å²) in [6, 6.07) is 7.33. The molecule has 0 saturated heterocycles. The van der Waals surface area contributed by atoms with E-state index in [0.717, 1.165) is 6.54 Å². The van der Waals surface area contributed by atoms with Crippen LogP contribution in [0.1, 0.15) is 19.3 Å². The number of rotatable bonds is 6. The van der Waals surface area contributed by atoms with E-state index in [4.69, 9.17) is 5.73 Å². The van der Waals surface area contributed by atoms with Crippen molar-refractivity contribution in [1.29, 1.82) is 0 Å². The molecule has 1 aliphatic carbocycles. The summed E-state index contributed by atoms with van der Waals surface area (Å²) in [5.74, 6) is -0.0244. The summed E-state index contributed by atoms with van der Waals surface area (Å²) in [5.41, 5.74) is 7.35. The Hall–Kier alpha value is -1.59. The maximum absolute atomic E-state index is 12.1. The van der Waals surface area contributed by atoms with E-state index in [2.05, 4.69) is 29.2 Å². The highest BCUT2D eigenvalue weighted by molar-refractivity contribution is 5.95. The second-order valence-electron chi connectivity index (χ2n) is 6.28. The lowest BCUT2D eigenvalue weighted by atomic mass is 9.75. The molecule has 0 spiro atoms. The lowest BCUT2D eigenvalue weighted by molar-refractivity contribution is -0.117. The molecule has 0 radical (unpaired) electrons. The molecule has 1 aliphatic rings. The number of hydrogen-bond donors (Lipinski definition) is 2. The standard InChI is InChI=1S/C16H26N4O/c1-19(2)16(9-6-10-16)12-20(3)11-15(21)18-14-8-5-4-7-13(14)17/h4-5,7-8H,6,9-12,17H2,1-3H3,(H,18,21). The molecule has 5 nitrogen and oxygen atoms in total. The van der Waals surface area contributed by atoms with Gasteiger partial charge in [-0.15, -0.1) is 0 Å². The number of carbonyl (C=O) groups is 1. The number of nitrogens with two attached hydrogens (primary N) is 1. The molecule has 2 rings (SSSR count). The summed E-state index contributed by atoms with van der Waals surface area (Å²) in [5, 5.41) is 2.87. The first-order valence-electron chi connectivity index (χ1n) is 7.43. The quantitative estimate of drug-likeness (QED) is 0.782. The zero-order valence-corrected chi connectivity index (χ0v) is 13.2. The molecule has 0 atom stereocenters. The molecule has 1 fully saturated rings. The summed E-state index contributed by atoms with van der Waals surface area (Å²) in [6.07, 6.45) is 3.69. The van der Waals surface area contributed by atoms with Crippen molar-refractivity contribution in [2.45, 2.75) is 24.8 Å². The summed E-state index contributed by atoms with van der Waals surface area (Å²) < 4.78 is 0. The van der Waals surface area contributed by atoms with E-state index in [1.165, 1.54) is 19.3 Å². The largest absolute Gasteiger partial charge is 0.397 e. The Labute approximate surface area is 127 Å². The van der Waals surface area contributed by atoms with E-state index in [0.29, 0.717) is 17.9 Å². The zero-order chi connectivity index (χ0) is 15.5. The van der Waals surface area contributed by atoms with E-state index in [9.17, 15) is 4.79 Å². The van der Waals surface area contributed by atoms with Gasteiger partial charge in [-0.3, -0.25) is 9.69 Å². The molecule has 21 heavy (non-hydrogen) atoms. The molecule has 5 heteroatoms. The molecule has 0 heterocycles. The fourth-order valence-corrected chi connectivity index (χ4v) is 2.94. The third-order valence-corrected chi connectivity index (χ3v) is 4.45. The Morgan fingerprint density at radius 1 is 1.29 bits per heavy atom. The minimum absolute atomic E-state index is 0.0244. The maximum atomic E-state index is 12.1. The Bertz CT molecular complexity index is 497. The Morgan fingerprint density at radius 2 is 1.95 bits per heavy atom. The third kappa shape index (κ3) is 3.74. The van der Waals surface area contributed by atoms with Crippen LogP contribution in [0.4, 0.5) is 11.4 Å². The molecule has 1 aromatic carbocycles. The maximum Gasteiger partial charge on any atom is 0.238 e. The number of nitrogens with one attached hydrogen (secondary N) is 1. The van der Waals surface area contributed by atoms with E-state index in [1.807, 2.05) is 25.2 Å². The van der Waals surface area contributed by atoms with Crippen LogP contribution in [-0.4, -0.2) is 55.5 Å². The van der Waals surface area contributed by atoms with Crippen molar-refractivity contribution >= 4 is 17.3 Å². The number of nitrogen functional groups attached to an aromatic ring is 1. The minimum Gasteiger partial charge on any atom is -0.397 e. The zero-order valence-electron chi connectivity index (χ0n) is 13.2. The number of para-hydroxylation sites is 2. The average molecular weight is 290 g/mol. The van der Waals surface area contributed by atoms with Crippen LogP contribution in [0.5, 0.6) is 0 Å². The van der Waals surface area contributed by atoms with Crippen LogP contribution < -0.4 is 11.1 Å². The smallest absolute Gasteiger partial charge is 0.238 e. The van der Waals surface area contributed by atoms with E-state index in [-0.39, 0.29) is 11.4 Å².